The van der Waals surface area contributed by atoms with Crippen molar-refractivity contribution in [1.29, 1.82) is 0 Å². The van der Waals surface area contributed by atoms with Crippen LogP contribution in [0.2, 0.25) is 0 Å². The number of phosphoric ester groups is 2. The molecule has 0 rings (SSSR count). The van der Waals surface area contributed by atoms with Gasteiger partial charge in [0.25, 0.3) is 0 Å². The van der Waals surface area contributed by atoms with Gasteiger partial charge in [-0.2, -0.15) is 0 Å². The van der Waals surface area contributed by atoms with Crippen molar-refractivity contribution in [1.82, 2.24) is 0 Å². The predicted molar refractivity (Wildman–Crippen MR) is 358 cm³/mol. The summed E-state index contributed by atoms with van der Waals surface area (Å²) in [5, 5.41) is 10.6. The molecule has 0 aromatic heterocycles. The van der Waals surface area contributed by atoms with Crippen LogP contribution in [0.3, 0.4) is 0 Å². The monoisotopic (exact) mass is 1310 g/mol. The molecule has 0 heterocycles. The zero-order valence-corrected chi connectivity index (χ0v) is 59.8. The van der Waals surface area contributed by atoms with Gasteiger partial charge >= 0.3 is 39.5 Å². The molecule has 0 aliphatic heterocycles. The molecule has 0 fully saturated rings. The summed E-state index contributed by atoms with van der Waals surface area (Å²) < 4.78 is 68.2. The van der Waals surface area contributed by atoms with E-state index in [0.29, 0.717) is 37.5 Å². The lowest BCUT2D eigenvalue weighted by Crippen LogP contribution is -2.30. The number of ether oxygens (including phenoxy) is 4. The molecule has 0 saturated carbocycles. The fraction of sp³-hybridized carbons (Fsp3) is 0.943. The van der Waals surface area contributed by atoms with E-state index in [9.17, 15) is 43.2 Å². The Morgan fingerprint density at radius 2 is 0.472 bits per heavy atom. The number of hydrogen-bond donors (Lipinski definition) is 3. The second-order valence-electron chi connectivity index (χ2n) is 27.2. The molecule has 0 aromatic rings. The molecule has 0 amide bonds. The summed E-state index contributed by atoms with van der Waals surface area (Å²) in [4.78, 5) is 72.4. The van der Waals surface area contributed by atoms with Crippen LogP contribution < -0.4 is 0 Å². The molecule has 0 saturated heterocycles. The molecule has 0 radical (unpaired) electrons. The standard InChI is InChI=1S/C70H136O17P2/c1-60(2)46-38-30-22-17-15-13-11-9-10-12-14-16-18-25-34-42-50-67(72)80-56-65(86-69(74)52-44-36-26-20-19-23-31-39-47-61(3)4)58-84-88(76,77)82-54-64(71)55-83-89(78,79)85-59-66(57-81-68(73)51-43-35-29-28-33-41-49-63(7)8)87-70(75)53-45-37-27-21-24-32-40-48-62(5)6/h60-66,71H,9-59H2,1-8H3,(H,76,77)(H,78,79)/t64-,65-,66-/m1/s1. The van der Waals surface area contributed by atoms with Crippen molar-refractivity contribution in [2.45, 2.75) is 363 Å². The minimum atomic E-state index is -4.95. The van der Waals surface area contributed by atoms with Crippen molar-refractivity contribution in [3.63, 3.8) is 0 Å². The van der Waals surface area contributed by atoms with Crippen LogP contribution in [0.4, 0.5) is 0 Å². The minimum absolute atomic E-state index is 0.102. The molecule has 19 heteroatoms. The number of hydrogen-bond acceptors (Lipinski definition) is 15. The normalized spacial score (nSPS) is 14.3. The number of esters is 4. The fourth-order valence-corrected chi connectivity index (χ4v) is 12.1. The highest BCUT2D eigenvalue weighted by Crippen LogP contribution is 2.45. The first-order chi connectivity index (χ1) is 42.6. The van der Waals surface area contributed by atoms with E-state index in [1.54, 1.807) is 0 Å². The summed E-state index contributed by atoms with van der Waals surface area (Å²) in [5.41, 5.74) is 0. The molecular weight excluding hydrogens is 1170 g/mol. The van der Waals surface area contributed by atoms with Crippen molar-refractivity contribution in [3.8, 4) is 0 Å². The Morgan fingerprint density at radius 1 is 0.281 bits per heavy atom. The molecule has 0 aromatic carbocycles. The summed E-state index contributed by atoms with van der Waals surface area (Å²) in [6, 6.07) is 0. The van der Waals surface area contributed by atoms with Crippen LogP contribution in [0, 0.1) is 23.7 Å². The van der Waals surface area contributed by atoms with Gasteiger partial charge in [0.2, 0.25) is 0 Å². The Hall–Kier alpha value is -1.94. The number of unbranched alkanes of at least 4 members (excludes halogenated alkanes) is 33. The number of carbonyl (C=O) groups is 4. The molecule has 528 valence electrons. The van der Waals surface area contributed by atoms with Crippen LogP contribution in [0.5, 0.6) is 0 Å². The van der Waals surface area contributed by atoms with Crippen LogP contribution in [-0.4, -0.2) is 96.7 Å². The van der Waals surface area contributed by atoms with Gasteiger partial charge in [0.15, 0.2) is 12.2 Å². The first-order valence-corrected chi connectivity index (χ1v) is 39.2. The molecule has 2 unspecified atom stereocenters. The average molecular weight is 1310 g/mol. The molecule has 0 bridgehead atoms. The second kappa shape index (κ2) is 59.8. The Balaban J connectivity index is 5.17. The maximum atomic E-state index is 13.0. The van der Waals surface area contributed by atoms with Crippen LogP contribution in [-0.2, 0) is 65.4 Å². The maximum Gasteiger partial charge on any atom is 0.472 e. The van der Waals surface area contributed by atoms with Gasteiger partial charge in [-0.05, 0) is 49.4 Å². The lowest BCUT2D eigenvalue weighted by molar-refractivity contribution is -0.161. The highest BCUT2D eigenvalue weighted by Gasteiger charge is 2.30. The van der Waals surface area contributed by atoms with Gasteiger partial charge in [-0.3, -0.25) is 37.3 Å². The van der Waals surface area contributed by atoms with Crippen molar-refractivity contribution < 1.29 is 80.2 Å². The van der Waals surface area contributed by atoms with Gasteiger partial charge in [0.05, 0.1) is 26.4 Å². The van der Waals surface area contributed by atoms with Crippen LogP contribution in [0.25, 0.3) is 0 Å². The zero-order valence-electron chi connectivity index (χ0n) is 58.1. The van der Waals surface area contributed by atoms with Gasteiger partial charge < -0.3 is 33.8 Å². The number of rotatable bonds is 67. The van der Waals surface area contributed by atoms with E-state index in [1.807, 2.05) is 0 Å². The molecule has 0 aliphatic carbocycles. The van der Waals surface area contributed by atoms with Crippen molar-refractivity contribution in [3.05, 3.63) is 0 Å². The van der Waals surface area contributed by atoms with E-state index >= 15 is 0 Å². The third-order valence-corrected chi connectivity index (χ3v) is 18.0. The van der Waals surface area contributed by atoms with Crippen LogP contribution in [0.15, 0.2) is 0 Å². The molecule has 89 heavy (non-hydrogen) atoms. The Morgan fingerprint density at radius 3 is 0.697 bits per heavy atom. The van der Waals surface area contributed by atoms with Gasteiger partial charge in [-0.15, -0.1) is 0 Å². The number of aliphatic hydroxyl groups is 1. The summed E-state index contributed by atoms with van der Waals surface area (Å²) in [6.07, 6.45) is 42.1. The molecule has 0 aliphatic rings. The summed E-state index contributed by atoms with van der Waals surface area (Å²) in [5.74, 6) is 0.771. The summed E-state index contributed by atoms with van der Waals surface area (Å²) >= 11 is 0. The lowest BCUT2D eigenvalue weighted by atomic mass is 10.0. The van der Waals surface area contributed by atoms with Gasteiger partial charge in [0, 0.05) is 25.7 Å². The molecule has 3 N–H and O–H groups in total. The fourth-order valence-electron chi connectivity index (χ4n) is 10.5. The molecule has 5 atom stereocenters. The van der Waals surface area contributed by atoms with Crippen LogP contribution >= 0.6 is 15.6 Å². The van der Waals surface area contributed by atoms with Crippen LogP contribution in [0.1, 0.15) is 344 Å². The highest BCUT2D eigenvalue weighted by atomic mass is 31.2. The molecular formula is C70H136O17P2. The Kier molecular flexibility index (Phi) is 58.5. The summed E-state index contributed by atoms with van der Waals surface area (Å²) in [6.45, 7) is 14.0. The Labute approximate surface area is 543 Å². The summed E-state index contributed by atoms with van der Waals surface area (Å²) in [7, 11) is -9.90. The smallest absolute Gasteiger partial charge is 0.462 e. The zero-order chi connectivity index (χ0) is 66.1. The van der Waals surface area contributed by atoms with E-state index < -0.39 is 97.5 Å². The van der Waals surface area contributed by atoms with Gasteiger partial charge in [0.1, 0.15) is 19.3 Å². The lowest BCUT2D eigenvalue weighted by Gasteiger charge is -2.21. The third kappa shape index (κ3) is 64.6. The predicted octanol–water partition coefficient (Wildman–Crippen LogP) is 19.7. The molecule has 17 nitrogen and oxygen atoms in total. The van der Waals surface area contributed by atoms with Gasteiger partial charge in [-0.1, -0.05) is 293 Å². The number of phosphoric acid groups is 2. The minimum Gasteiger partial charge on any atom is -0.462 e. The Bertz CT molecular complexity index is 1760. The highest BCUT2D eigenvalue weighted by molar-refractivity contribution is 7.47. The average Bonchev–Trinajstić information content (AvgIpc) is 3.55. The van der Waals surface area contributed by atoms with E-state index in [4.69, 9.17) is 37.0 Å². The van der Waals surface area contributed by atoms with E-state index in [0.717, 1.165) is 108 Å². The number of carbonyl (C=O) groups excluding carboxylic acids is 4. The van der Waals surface area contributed by atoms with E-state index in [1.165, 1.54) is 141 Å². The van der Waals surface area contributed by atoms with E-state index in [2.05, 4.69) is 55.4 Å². The number of aliphatic hydroxyl groups excluding tert-OH is 1. The SMILES string of the molecule is CC(C)CCCCCCCCCCCCCCCCCCC(=O)OC[C@H](COP(=O)(O)OC[C@@H](O)COP(=O)(O)OC[C@@H](COC(=O)CCCCCCCCC(C)C)OC(=O)CCCCCCCCCC(C)C)OC(=O)CCCCCCCCCCC(C)C. The quantitative estimate of drug-likeness (QED) is 0.0222. The first kappa shape index (κ1) is 87.1. The first-order valence-electron chi connectivity index (χ1n) is 36.2. The maximum absolute atomic E-state index is 13.0. The van der Waals surface area contributed by atoms with Crippen molar-refractivity contribution in [2.75, 3.05) is 39.6 Å². The largest absolute Gasteiger partial charge is 0.472 e. The van der Waals surface area contributed by atoms with Crippen molar-refractivity contribution in [2.24, 2.45) is 23.7 Å². The topological polar surface area (TPSA) is 237 Å². The molecule has 0 spiro atoms. The third-order valence-electron chi connectivity index (χ3n) is 16.1. The van der Waals surface area contributed by atoms with Gasteiger partial charge in [-0.25, -0.2) is 9.13 Å². The van der Waals surface area contributed by atoms with Crippen molar-refractivity contribution >= 4 is 39.5 Å². The second-order valence-corrected chi connectivity index (χ2v) is 30.1. The van der Waals surface area contributed by atoms with E-state index in [-0.39, 0.29) is 25.7 Å².